The second kappa shape index (κ2) is 16.3. The van der Waals surface area contributed by atoms with Crippen molar-refractivity contribution in [1.82, 2.24) is 0 Å². The molecule has 0 saturated carbocycles. The van der Waals surface area contributed by atoms with E-state index in [-0.39, 0.29) is 0 Å². The predicted molar refractivity (Wildman–Crippen MR) is 285 cm³/mol. The zero-order chi connectivity index (χ0) is 45.0. The third kappa shape index (κ3) is 6.32. The molecule has 13 rings (SSSR count). The molecular formula is C67H45N. The minimum Gasteiger partial charge on any atom is -0.310 e. The van der Waals surface area contributed by atoms with Crippen LogP contribution in [0.4, 0.5) is 17.1 Å². The number of para-hydroxylation sites is 1. The maximum atomic E-state index is 2.52. The lowest BCUT2D eigenvalue weighted by Gasteiger charge is -2.45. The van der Waals surface area contributed by atoms with Crippen molar-refractivity contribution in [2.75, 3.05) is 4.90 Å². The maximum Gasteiger partial charge on any atom is 0.0754 e. The van der Waals surface area contributed by atoms with Gasteiger partial charge in [0.05, 0.1) is 16.8 Å². The first-order valence-corrected chi connectivity index (χ1v) is 23.6. The van der Waals surface area contributed by atoms with Crippen LogP contribution in [0.2, 0.25) is 0 Å². The van der Waals surface area contributed by atoms with Gasteiger partial charge in [-0.3, -0.25) is 0 Å². The van der Waals surface area contributed by atoms with Gasteiger partial charge < -0.3 is 4.90 Å². The Balaban J connectivity index is 1.11. The molecule has 11 aromatic carbocycles. The van der Waals surface area contributed by atoms with E-state index in [1.165, 1.54) is 112 Å². The van der Waals surface area contributed by atoms with Crippen LogP contribution in [0.25, 0.3) is 77.9 Å². The summed E-state index contributed by atoms with van der Waals surface area (Å²) in [5, 5.41) is 0. The number of hydrogen-bond donors (Lipinski definition) is 0. The molecule has 0 atom stereocenters. The normalized spacial score (nSPS) is 12.8. The predicted octanol–water partition coefficient (Wildman–Crippen LogP) is 17.8. The van der Waals surface area contributed by atoms with Crippen molar-refractivity contribution in [2.45, 2.75) is 5.41 Å². The molecule has 0 bridgehead atoms. The minimum absolute atomic E-state index is 0.650. The summed E-state index contributed by atoms with van der Waals surface area (Å²) >= 11 is 0. The van der Waals surface area contributed by atoms with E-state index < -0.39 is 5.41 Å². The second-order valence-electron chi connectivity index (χ2n) is 18.0. The third-order valence-electron chi connectivity index (χ3n) is 14.3. The van der Waals surface area contributed by atoms with Gasteiger partial charge in [0.2, 0.25) is 0 Å². The number of benzene rings is 11. The maximum absolute atomic E-state index is 2.52. The Morgan fingerprint density at radius 2 is 0.559 bits per heavy atom. The molecule has 1 heterocycles. The van der Waals surface area contributed by atoms with Gasteiger partial charge in [0.25, 0.3) is 0 Å². The molecule has 0 aromatic heterocycles. The van der Waals surface area contributed by atoms with Gasteiger partial charge in [-0.1, -0.05) is 224 Å². The molecule has 0 N–H and O–H groups in total. The average molecular weight is 864 g/mol. The lowest BCUT2D eigenvalue weighted by atomic mass is 9.64. The molecule has 2 aliphatic rings. The van der Waals surface area contributed by atoms with Gasteiger partial charge in [0.1, 0.15) is 0 Å². The van der Waals surface area contributed by atoms with Gasteiger partial charge in [-0.05, 0) is 149 Å². The van der Waals surface area contributed by atoms with Crippen LogP contribution in [0, 0.1) is 0 Å². The fourth-order valence-electron chi connectivity index (χ4n) is 11.3. The number of hydrogen-bond acceptors (Lipinski definition) is 1. The third-order valence-corrected chi connectivity index (χ3v) is 14.3. The van der Waals surface area contributed by atoms with E-state index in [9.17, 15) is 0 Å². The minimum atomic E-state index is -0.650. The first-order chi connectivity index (χ1) is 33.7. The van der Waals surface area contributed by atoms with Crippen LogP contribution < -0.4 is 4.90 Å². The molecule has 1 aliphatic heterocycles. The summed E-state index contributed by atoms with van der Waals surface area (Å²) in [5.74, 6) is 0. The highest BCUT2D eigenvalue weighted by Gasteiger charge is 2.52. The highest BCUT2D eigenvalue weighted by molar-refractivity contribution is 5.99. The van der Waals surface area contributed by atoms with Gasteiger partial charge in [0.15, 0.2) is 0 Å². The zero-order valence-electron chi connectivity index (χ0n) is 37.4. The molecule has 68 heavy (non-hydrogen) atoms. The number of anilines is 3. The molecule has 318 valence electrons. The van der Waals surface area contributed by atoms with Crippen molar-refractivity contribution in [3.05, 3.63) is 295 Å². The molecule has 11 aromatic rings. The van der Waals surface area contributed by atoms with Gasteiger partial charge in [-0.2, -0.15) is 0 Å². The van der Waals surface area contributed by atoms with E-state index >= 15 is 0 Å². The summed E-state index contributed by atoms with van der Waals surface area (Å²) < 4.78 is 0. The van der Waals surface area contributed by atoms with Crippen LogP contribution in [0.5, 0.6) is 0 Å². The topological polar surface area (TPSA) is 3.24 Å². The van der Waals surface area contributed by atoms with Crippen LogP contribution in [0.15, 0.2) is 273 Å². The van der Waals surface area contributed by atoms with E-state index in [4.69, 9.17) is 0 Å². The molecule has 0 radical (unpaired) electrons. The van der Waals surface area contributed by atoms with E-state index in [1.54, 1.807) is 0 Å². The molecule has 0 saturated heterocycles. The first-order valence-electron chi connectivity index (χ1n) is 23.6. The summed E-state index contributed by atoms with van der Waals surface area (Å²) in [6.07, 6.45) is 0. The Morgan fingerprint density at radius 1 is 0.206 bits per heavy atom. The van der Waals surface area contributed by atoms with E-state index in [0.717, 1.165) is 5.69 Å². The fourth-order valence-corrected chi connectivity index (χ4v) is 11.3. The molecule has 0 unspecified atom stereocenters. The Bertz CT molecular complexity index is 3430. The average Bonchev–Trinajstić information content (AvgIpc) is 3.72. The Labute approximate surface area is 398 Å². The monoisotopic (exact) mass is 863 g/mol. The first kappa shape index (κ1) is 39.6. The summed E-state index contributed by atoms with van der Waals surface area (Å²) in [7, 11) is 0. The van der Waals surface area contributed by atoms with Crippen LogP contribution >= 0.6 is 0 Å². The highest BCUT2D eigenvalue weighted by Crippen LogP contribution is 2.64. The number of nitrogens with zero attached hydrogens (tertiary/aromatic N) is 1. The van der Waals surface area contributed by atoms with Gasteiger partial charge in [-0.15, -0.1) is 0 Å². The van der Waals surface area contributed by atoms with Crippen molar-refractivity contribution in [2.24, 2.45) is 0 Å². The summed E-state index contributed by atoms with van der Waals surface area (Å²) in [6, 6.07) is 101. The summed E-state index contributed by atoms with van der Waals surface area (Å²) in [5.41, 5.74) is 24.9. The van der Waals surface area contributed by atoms with Crippen LogP contribution in [0.3, 0.4) is 0 Å². The Morgan fingerprint density at radius 3 is 0.985 bits per heavy atom. The molecule has 1 aliphatic carbocycles. The van der Waals surface area contributed by atoms with E-state index in [1.807, 2.05) is 0 Å². The summed E-state index contributed by atoms with van der Waals surface area (Å²) in [6.45, 7) is 0. The quantitative estimate of drug-likeness (QED) is 0.154. The molecule has 1 nitrogen and oxygen atoms in total. The van der Waals surface area contributed by atoms with Gasteiger partial charge in [-0.25, -0.2) is 0 Å². The van der Waals surface area contributed by atoms with Crippen molar-refractivity contribution < 1.29 is 0 Å². The van der Waals surface area contributed by atoms with Crippen LogP contribution in [-0.2, 0) is 5.41 Å². The van der Waals surface area contributed by atoms with Crippen LogP contribution in [0.1, 0.15) is 22.3 Å². The second-order valence-corrected chi connectivity index (χ2v) is 18.0. The largest absolute Gasteiger partial charge is 0.310 e. The van der Waals surface area contributed by atoms with Gasteiger partial charge >= 0.3 is 0 Å². The SMILES string of the molecule is c1ccc(-c2ccc(-c3ccc4c(c3)C3(c5ccccc5-c5ccccc53)c3cc(-c5ccc(-c6ccccc6)cc5-c5ccccc5)ccc3N4c3ccccc3)c(-c3ccccc3)c2)cc1. The van der Waals surface area contributed by atoms with E-state index in [0.29, 0.717) is 0 Å². The standard InChI is InChI=1S/C67H45N/c1-6-20-46(21-7-1)50-34-38-55(59(42-50)48-24-10-3-11-25-48)52-36-40-65-63(44-52)67(61-32-18-16-30-57(61)58-31-17-19-33-62(58)67)64-45-53(37-41-66(64)68(65)54-28-14-5-15-29-54)56-39-35-51(47-22-8-2-9-23-47)43-60(56)49-26-12-4-13-27-49/h1-45H. The van der Waals surface area contributed by atoms with Crippen molar-refractivity contribution in [3.63, 3.8) is 0 Å². The van der Waals surface area contributed by atoms with E-state index in [2.05, 4.69) is 278 Å². The van der Waals surface area contributed by atoms with Gasteiger partial charge in [0, 0.05) is 5.69 Å². The fraction of sp³-hybridized carbons (Fsp3) is 0.0149. The smallest absolute Gasteiger partial charge is 0.0754 e. The molecule has 0 amide bonds. The molecular weight excluding hydrogens is 819 g/mol. The van der Waals surface area contributed by atoms with Crippen LogP contribution in [-0.4, -0.2) is 0 Å². The van der Waals surface area contributed by atoms with Crippen molar-refractivity contribution >= 4 is 17.1 Å². The summed E-state index contributed by atoms with van der Waals surface area (Å²) in [4.78, 5) is 2.50. The lowest BCUT2D eigenvalue weighted by Crippen LogP contribution is -2.36. The number of rotatable bonds is 7. The Kier molecular flexibility index (Phi) is 9.47. The number of fused-ring (bicyclic) bond motifs is 9. The zero-order valence-corrected chi connectivity index (χ0v) is 37.4. The van der Waals surface area contributed by atoms with Crippen molar-refractivity contribution in [1.29, 1.82) is 0 Å². The highest BCUT2D eigenvalue weighted by atomic mass is 15.2. The van der Waals surface area contributed by atoms with Crippen molar-refractivity contribution in [3.8, 4) is 77.9 Å². The Hall–Kier alpha value is -8.78. The molecule has 0 fully saturated rings. The molecule has 1 heteroatoms. The molecule has 1 spiro atoms. The lowest BCUT2D eigenvalue weighted by molar-refractivity contribution is 0.753.